The lowest BCUT2D eigenvalue weighted by molar-refractivity contribution is -0.384. The van der Waals surface area contributed by atoms with E-state index in [0.717, 1.165) is 0 Å². The van der Waals surface area contributed by atoms with E-state index in [1.54, 1.807) is 0 Å². The third-order valence-corrected chi connectivity index (χ3v) is 7.01. The number of carbonyl (C=O) groups excluding carboxylic acids is 2. The van der Waals surface area contributed by atoms with Crippen molar-refractivity contribution in [1.82, 2.24) is 0 Å². The number of nitrogens with zero attached hydrogens (tertiary/aromatic N) is 2. The highest BCUT2D eigenvalue weighted by Gasteiger charge is 2.50. The highest BCUT2D eigenvalue weighted by atomic mass is 31.2. The summed E-state index contributed by atoms with van der Waals surface area (Å²) in [5.41, 5.74) is -3.14. The van der Waals surface area contributed by atoms with Gasteiger partial charge in [0.2, 0.25) is 0 Å². The van der Waals surface area contributed by atoms with Crippen LogP contribution in [0.3, 0.4) is 0 Å². The van der Waals surface area contributed by atoms with Crippen LogP contribution in [0.5, 0.6) is 0 Å². The SMILES string of the molecule is CCOC(=O)C(=O)N1c2c(cc(C(F)(F)F)cc2[N+](=O)[O-])CCC1P(=O)(OCC)OCC. The van der Waals surface area contributed by atoms with Crippen LogP contribution in [-0.2, 0) is 40.5 Å². The molecule has 0 spiro atoms. The molecule has 10 nitrogen and oxygen atoms in total. The smallest absolute Gasteiger partial charge is 0.416 e. The van der Waals surface area contributed by atoms with Crippen molar-refractivity contribution in [3.63, 3.8) is 0 Å². The predicted molar refractivity (Wildman–Crippen MR) is 105 cm³/mol. The fourth-order valence-corrected chi connectivity index (χ4v) is 5.50. The van der Waals surface area contributed by atoms with Crippen LogP contribution >= 0.6 is 7.60 Å². The molecule has 1 amide bonds. The van der Waals surface area contributed by atoms with Gasteiger partial charge in [0.1, 0.15) is 11.5 Å². The van der Waals surface area contributed by atoms with Crippen LogP contribution < -0.4 is 4.90 Å². The number of hydrogen-bond acceptors (Lipinski definition) is 8. The Morgan fingerprint density at radius 2 is 1.78 bits per heavy atom. The Labute approximate surface area is 181 Å². The van der Waals surface area contributed by atoms with Crippen LogP contribution in [0.1, 0.15) is 38.3 Å². The molecule has 0 aromatic heterocycles. The molecule has 1 heterocycles. The molecular weight excluding hydrogens is 460 g/mol. The van der Waals surface area contributed by atoms with Crippen molar-refractivity contribution in [2.75, 3.05) is 24.7 Å². The van der Waals surface area contributed by atoms with E-state index in [1.807, 2.05) is 0 Å². The van der Waals surface area contributed by atoms with Crippen LogP contribution in [0.25, 0.3) is 0 Å². The second-order valence-corrected chi connectivity index (χ2v) is 8.74. The lowest BCUT2D eigenvalue weighted by Crippen LogP contribution is -2.48. The van der Waals surface area contributed by atoms with Crippen LogP contribution in [0, 0.1) is 10.1 Å². The van der Waals surface area contributed by atoms with Crippen molar-refractivity contribution >= 4 is 30.8 Å². The molecule has 0 saturated carbocycles. The number of ether oxygens (including phenoxy) is 1. The number of hydrogen-bond donors (Lipinski definition) is 0. The molecule has 32 heavy (non-hydrogen) atoms. The van der Waals surface area contributed by atoms with Gasteiger partial charge in [0.25, 0.3) is 5.69 Å². The summed E-state index contributed by atoms with van der Waals surface area (Å²) in [4.78, 5) is 36.3. The first-order valence-corrected chi connectivity index (χ1v) is 11.3. The molecule has 0 fully saturated rings. The Kier molecular flexibility index (Phi) is 8.02. The van der Waals surface area contributed by atoms with Gasteiger partial charge < -0.3 is 13.8 Å². The minimum Gasteiger partial charge on any atom is -0.459 e. The van der Waals surface area contributed by atoms with E-state index in [4.69, 9.17) is 9.05 Å². The number of anilines is 1. The number of fused-ring (bicyclic) bond motifs is 1. The van der Waals surface area contributed by atoms with Crippen LogP contribution in [0.4, 0.5) is 24.5 Å². The third kappa shape index (κ3) is 5.11. The maximum absolute atomic E-state index is 13.4. The van der Waals surface area contributed by atoms with Crippen molar-refractivity contribution in [2.24, 2.45) is 0 Å². The average Bonchev–Trinajstić information content (AvgIpc) is 2.71. The zero-order valence-corrected chi connectivity index (χ0v) is 18.4. The minimum atomic E-state index is -4.89. The van der Waals surface area contributed by atoms with Gasteiger partial charge in [-0.2, -0.15) is 13.2 Å². The second-order valence-electron chi connectivity index (χ2n) is 6.55. The van der Waals surface area contributed by atoms with E-state index >= 15 is 0 Å². The van der Waals surface area contributed by atoms with Gasteiger partial charge in [-0.1, -0.05) is 0 Å². The second kappa shape index (κ2) is 9.97. The monoisotopic (exact) mass is 482 g/mol. The van der Waals surface area contributed by atoms with E-state index in [9.17, 15) is 37.4 Å². The number of benzene rings is 1. The molecule has 14 heteroatoms. The number of aryl methyl sites for hydroxylation is 1. The third-order valence-electron chi connectivity index (χ3n) is 4.56. The Morgan fingerprint density at radius 1 is 1.19 bits per heavy atom. The molecule has 1 atom stereocenters. The van der Waals surface area contributed by atoms with Crippen molar-refractivity contribution in [2.45, 2.75) is 45.6 Å². The molecule has 1 aromatic carbocycles. The number of esters is 1. The van der Waals surface area contributed by atoms with Crippen LogP contribution in [0.2, 0.25) is 0 Å². The quantitative estimate of drug-likeness (QED) is 0.187. The summed E-state index contributed by atoms with van der Waals surface area (Å²) < 4.78 is 68.5. The van der Waals surface area contributed by atoms with E-state index in [1.165, 1.54) is 20.8 Å². The Balaban J connectivity index is 2.80. The fourth-order valence-electron chi connectivity index (χ4n) is 3.41. The van der Waals surface area contributed by atoms with E-state index < -0.39 is 53.3 Å². The maximum atomic E-state index is 13.4. The summed E-state index contributed by atoms with van der Waals surface area (Å²) in [5, 5.41) is 11.7. The topological polar surface area (TPSA) is 125 Å². The van der Waals surface area contributed by atoms with Crippen molar-refractivity contribution in [3.05, 3.63) is 33.4 Å². The van der Waals surface area contributed by atoms with Crippen LogP contribution in [-0.4, -0.2) is 42.4 Å². The number of nitro benzene ring substituents is 1. The molecular formula is C18H22F3N2O8P. The van der Waals surface area contributed by atoms with Gasteiger partial charge in [0.15, 0.2) is 0 Å². The molecule has 2 rings (SSSR count). The molecule has 0 N–H and O–H groups in total. The zero-order valence-electron chi connectivity index (χ0n) is 17.5. The molecule has 0 saturated heterocycles. The average molecular weight is 482 g/mol. The lowest BCUT2D eigenvalue weighted by Gasteiger charge is -2.38. The van der Waals surface area contributed by atoms with Crippen molar-refractivity contribution < 1.29 is 46.0 Å². The van der Waals surface area contributed by atoms with Gasteiger partial charge in [-0.25, -0.2) is 4.79 Å². The summed E-state index contributed by atoms with van der Waals surface area (Å²) in [6, 6.07) is 0.926. The molecule has 0 aliphatic carbocycles. The summed E-state index contributed by atoms with van der Waals surface area (Å²) in [6.07, 6.45) is -5.33. The Bertz CT molecular complexity index is 943. The number of amides is 1. The largest absolute Gasteiger partial charge is 0.459 e. The predicted octanol–water partition coefficient (Wildman–Crippen LogP) is 4.05. The molecule has 1 aliphatic rings. The number of alkyl halides is 3. The molecule has 1 aromatic rings. The van der Waals surface area contributed by atoms with Gasteiger partial charge in [-0.15, -0.1) is 0 Å². The number of nitro groups is 1. The van der Waals surface area contributed by atoms with Crippen molar-refractivity contribution in [3.8, 4) is 0 Å². The highest BCUT2D eigenvalue weighted by molar-refractivity contribution is 7.54. The number of halogens is 3. The van der Waals surface area contributed by atoms with E-state index in [0.29, 0.717) is 11.0 Å². The van der Waals surface area contributed by atoms with Gasteiger partial charge in [0, 0.05) is 6.07 Å². The Morgan fingerprint density at radius 3 is 2.25 bits per heavy atom. The number of carbonyl (C=O) groups is 2. The van der Waals surface area contributed by atoms with Crippen LogP contribution in [0.15, 0.2) is 12.1 Å². The van der Waals surface area contributed by atoms with Gasteiger partial charge in [0.05, 0.1) is 30.3 Å². The molecule has 1 unspecified atom stereocenters. The van der Waals surface area contributed by atoms with Crippen molar-refractivity contribution in [1.29, 1.82) is 0 Å². The maximum Gasteiger partial charge on any atom is 0.416 e. The van der Waals surface area contributed by atoms with E-state index in [2.05, 4.69) is 4.74 Å². The lowest BCUT2D eigenvalue weighted by atomic mass is 9.97. The first-order chi connectivity index (χ1) is 14.9. The zero-order chi connectivity index (χ0) is 24.3. The molecule has 178 valence electrons. The fraction of sp³-hybridized carbons (Fsp3) is 0.556. The first-order valence-electron chi connectivity index (χ1n) is 9.68. The van der Waals surface area contributed by atoms with Gasteiger partial charge in [-0.05, 0) is 45.2 Å². The summed E-state index contributed by atoms with van der Waals surface area (Å²) in [6.45, 7) is 3.97. The summed E-state index contributed by atoms with van der Waals surface area (Å²) in [5.74, 6) is -4.33. The minimum absolute atomic E-state index is 0.114. The molecule has 0 radical (unpaired) electrons. The molecule has 0 bridgehead atoms. The highest BCUT2D eigenvalue weighted by Crippen LogP contribution is 2.59. The summed E-state index contributed by atoms with van der Waals surface area (Å²) >= 11 is 0. The standard InChI is InChI=1S/C18H22F3N2O8P/c1-4-29-17(25)16(24)22-14(32(28,30-5-2)31-6-3)8-7-11-9-12(18(19,20)21)10-13(15(11)22)23(26)27/h9-10,14H,4-8H2,1-3H3. The number of rotatable bonds is 7. The first kappa shape index (κ1) is 25.8. The van der Waals surface area contributed by atoms with E-state index in [-0.39, 0.29) is 44.3 Å². The summed E-state index contributed by atoms with van der Waals surface area (Å²) in [7, 11) is -4.16. The normalized spacial score (nSPS) is 16.4. The Hall–Kier alpha value is -2.50. The molecule has 1 aliphatic heterocycles. The van der Waals surface area contributed by atoms with Gasteiger partial charge in [-0.3, -0.25) is 24.4 Å². The van der Waals surface area contributed by atoms with Gasteiger partial charge >= 0.3 is 25.6 Å².